The van der Waals surface area contributed by atoms with Gasteiger partial charge in [-0.25, -0.2) is 0 Å². The highest BCUT2D eigenvalue weighted by molar-refractivity contribution is 5.88. The van der Waals surface area contributed by atoms with E-state index in [-0.39, 0.29) is 0 Å². The Morgan fingerprint density at radius 1 is 0.348 bits per heavy atom. The van der Waals surface area contributed by atoms with Crippen molar-refractivity contribution in [2.75, 3.05) is 16.8 Å². The minimum atomic E-state index is -0.416. The van der Waals surface area contributed by atoms with Crippen LogP contribution in [-0.2, 0) is 5.41 Å². The van der Waals surface area contributed by atoms with Crippen LogP contribution in [0.25, 0.3) is 11.1 Å². The maximum atomic E-state index is 2.41. The van der Waals surface area contributed by atoms with Crippen LogP contribution < -0.4 is 9.80 Å². The van der Waals surface area contributed by atoms with E-state index in [0.717, 1.165) is 28.4 Å². The van der Waals surface area contributed by atoms with Gasteiger partial charge in [0.05, 0.1) is 5.41 Å². The molecule has 0 heterocycles. The van der Waals surface area contributed by atoms with E-state index < -0.39 is 5.41 Å². The summed E-state index contributed by atoms with van der Waals surface area (Å²) in [6, 6.07) is 67.8. The monoisotopic (exact) mass is 590 g/mol. The highest BCUT2D eigenvalue weighted by atomic mass is 15.1. The Balaban J connectivity index is 1.23. The highest BCUT2D eigenvalue weighted by Gasteiger charge is 2.46. The lowest BCUT2D eigenvalue weighted by atomic mass is 9.67. The number of rotatable bonds is 7. The molecule has 0 saturated carbocycles. The lowest BCUT2D eigenvalue weighted by molar-refractivity contribution is 0.768. The molecule has 46 heavy (non-hydrogen) atoms. The van der Waals surface area contributed by atoms with E-state index in [9.17, 15) is 0 Å². The van der Waals surface area contributed by atoms with Crippen molar-refractivity contribution in [3.63, 3.8) is 0 Å². The zero-order valence-electron chi connectivity index (χ0n) is 25.8. The molecule has 0 aliphatic heterocycles. The summed E-state index contributed by atoms with van der Waals surface area (Å²) in [5.41, 5.74) is 13.0. The first-order chi connectivity index (χ1) is 22.7. The molecule has 7 aromatic rings. The van der Waals surface area contributed by atoms with E-state index in [1.807, 2.05) is 0 Å². The maximum Gasteiger partial charge on any atom is 0.0714 e. The predicted octanol–water partition coefficient (Wildman–Crippen LogP) is 11.3. The van der Waals surface area contributed by atoms with Gasteiger partial charge in [0, 0.05) is 35.5 Å². The summed E-state index contributed by atoms with van der Waals surface area (Å²) in [5, 5.41) is 0. The molecule has 2 heteroatoms. The molecule has 0 fully saturated rings. The highest BCUT2D eigenvalue weighted by Crippen LogP contribution is 2.56. The first-order valence-corrected chi connectivity index (χ1v) is 15.8. The molecule has 7 aromatic carbocycles. The quantitative estimate of drug-likeness (QED) is 0.182. The van der Waals surface area contributed by atoms with Gasteiger partial charge in [-0.15, -0.1) is 0 Å². The standard InChI is InChI=1S/C44H34N2/c1-45(35-26-28-38(29-27-35)46(36-20-10-4-11-21-36)37-22-12-5-13-23-37)39-30-31-41-40-24-14-15-25-42(40)44(43(41)32-39,33-16-6-2-7-17-33)34-18-8-3-9-19-34/h2-32H,1H3. The molecule has 220 valence electrons. The second-order valence-corrected chi connectivity index (χ2v) is 11.8. The minimum Gasteiger partial charge on any atom is -0.345 e. The summed E-state index contributed by atoms with van der Waals surface area (Å²) in [7, 11) is 2.16. The Morgan fingerprint density at radius 2 is 0.761 bits per heavy atom. The lowest BCUT2D eigenvalue weighted by Crippen LogP contribution is -2.28. The summed E-state index contributed by atoms with van der Waals surface area (Å²) < 4.78 is 0. The molecule has 0 bridgehead atoms. The summed E-state index contributed by atoms with van der Waals surface area (Å²) in [6.45, 7) is 0. The van der Waals surface area contributed by atoms with Crippen molar-refractivity contribution in [1.82, 2.24) is 0 Å². The van der Waals surface area contributed by atoms with Crippen molar-refractivity contribution in [2.45, 2.75) is 5.41 Å². The number of para-hydroxylation sites is 2. The molecule has 0 aromatic heterocycles. The summed E-state index contributed by atoms with van der Waals surface area (Å²) in [6.07, 6.45) is 0. The molecule has 0 atom stereocenters. The van der Waals surface area contributed by atoms with Gasteiger partial charge in [0.2, 0.25) is 0 Å². The van der Waals surface area contributed by atoms with Crippen molar-refractivity contribution in [2.24, 2.45) is 0 Å². The first kappa shape index (κ1) is 27.7. The lowest BCUT2D eigenvalue weighted by Gasteiger charge is -2.34. The zero-order chi connectivity index (χ0) is 30.9. The van der Waals surface area contributed by atoms with Crippen LogP contribution in [0.4, 0.5) is 28.4 Å². The van der Waals surface area contributed by atoms with Gasteiger partial charge >= 0.3 is 0 Å². The van der Waals surface area contributed by atoms with Crippen LogP contribution in [0.15, 0.2) is 188 Å². The molecule has 0 unspecified atom stereocenters. The van der Waals surface area contributed by atoms with Gasteiger partial charge < -0.3 is 9.80 Å². The van der Waals surface area contributed by atoms with Gasteiger partial charge in [-0.3, -0.25) is 0 Å². The van der Waals surface area contributed by atoms with Crippen LogP contribution in [0.5, 0.6) is 0 Å². The van der Waals surface area contributed by atoms with Crippen molar-refractivity contribution < 1.29 is 0 Å². The van der Waals surface area contributed by atoms with Crippen LogP contribution in [0.2, 0.25) is 0 Å². The van der Waals surface area contributed by atoms with E-state index in [0.29, 0.717) is 0 Å². The van der Waals surface area contributed by atoms with Crippen molar-refractivity contribution in [3.8, 4) is 11.1 Å². The van der Waals surface area contributed by atoms with E-state index in [4.69, 9.17) is 0 Å². The van der Waals surface area contributed by atoms with Gasteiger partial charge in [0.15, 0.2) is 0 Å². The summed E-state index contributed by atoms with van der Waals surface area (Å²) in [4.78, 5) is 4.59. The Labute approximate surface area is 271 Å². The Morgan fingerprint density at radius 3 is 1.33 bits per heavy atom. The van der Waals surface area contributed by atoms with Crippen LogP contribution in [0.1, 0.15) is 22.3 Å². The van der Waals surface area contributed by atoms with Crippen molar-refractivity contribution >= 4 is 28.4 Å². The molecule has 0 N–H and O–H groups in total. The second-order valence-electron chi connectivity index (χ2n) is 11.8. The van der Waals surface area contributed by atoms with Crippen LogP contribution in [0, 0.1) is 0 Å². The molecule has 0 saturated heterocycles. The van der Waals surface area contributed by atoms with Crippen LogP contribution in [-0.4, -0.2) is 7.05 Å². The average Bonchev–Trinajstić information content (AvgIpc) is 3.44. The fourth-order valence-corrected chi connectivity index (χ4v) is 7.22. The fourth-order valence-electron chi connectivity index (χ4n) is 7.22. The predicted molar refractivity (Wildman–Crippen MR) is 193 cm³/mol. The zero-order valence-corrected chi connectivity index (χ0v) is 25.8. The molecular weight excluding hydrogens is 556 g/mol. The normalized spacial score (nSPS) is 12.6. The number of hydrogen-bond acceptors (Lipinski definition) is 2. The minimum absolute atomic E-state index is 0.416. The largest absolute Gasteiger partial charge is 0.345 e. The van der Waals surface area contributed by atoms with Crippen LogP contribution >= 0.6 is 0 Å². The maximum absolute atomic E-state index is 2.41. The number of benzene rings is 7. The van der Waals surface area contributed by atoms with E-state index in [1.165, 1.54) is 33.4 Å². The second kappa shape index (κ2) is 11.6. The summed E-state index contributed by atoms with van der Waals surface area (Å²) in [5.74, 6) is 0. The molecule has 0 radical (unpaired) electrons. The van der Waals surface area contributed by atoms with E-state index in [2.05, 4.69) is 205 Å². The smallest absolute Gasteiger partial charge is 0.0714 e. The summed E-state index contributed by atoms with van der Waals surface area (Å²) >= 11 is 0. The van der Waals surface area contributed by atoms with Gasteiger partial charge in [-0.2, -0.15) is 0 Å². The SMILES string of the molecule is CN(c1ccc(N(c2ccccc2)c2ccccc2)cc1)c1ccc2c(c1)C(c1ccccc1)(c1ccccc1)c1ccccc1-2. The van der Waals surface area contributed by atoms with Crippen molar-refractivity contribution in [1.29, 1.82) is 0 Å². The molecule has 1 aliphatic carbocycles. The fraction of sp³-hybridized carbons (Fsp3) is 0.0455. The third-order valence-corrected chi connectivity index (χ3v) is 9.35. The molecular formula is C44H34N2. The number of hydrogen-bond donors (Lipinski definition) is 0. The Bertz CT molecular complexity index is 2010. The molecule has 8 rings (SSSR count). The van der Waals surface area contributed by atoms with Gasteiger partial charge in [-0.05, 0) is 94.0 Å². The van der Waals surface area contributed by atoms with Gasteiger partial charge in [-0.1, -0.05) is 127 Å². The van der Waals surface area contributed by atoms with Crippen LogP contribution in [0.3, 0.4) is 0 Å². The Hall–Kier alpha value is -5.86. The molecule has 2 nitrogen and oxygen atoms in total. The van der Waals surface area contributed by atoms with Gasteiger partial charge in [0.25, 0.3) is 0 Å². The first-order valence-electron chi connectivity index (χ1n) is 15.8. The molecule has 0 spiro atoms. The topological polar surface area (TPSA) is 6.48 Å². The third-order valence-electron chi connectivity index (χ3n) is 9.35. The number of fused-ring (bicyclic) bond motifs is 3. The molecule has 1 aliphatic rings. The molecule has 0 amide bonds. The van der Waals surface area contributed by atoms with Crippen molar-refractivity contribution in [3.05, 3.63) is 210 Å². The van der Waals surface area contributed by atoms with E-state index >= 15 is 0 Å². The third kappa shape index (κ3) is 4.50. The van der Waals surface area contributed by atoms with Gasteiger partial charge in [0.1, 0.15) is 0 Å². The van der Waals surface area contributed by atoms with E-state index in [1.54, 1.807) is 0 Å². The average molecular weight is 591 g/mol. The Kier molecular flexibility index (Phi) is 6.96. The number of nitrogens with zero attached hydrogens (tertiary/aromatic N) is 2. The number of anilines is 5.